The van der Waals surface area contributed by atoms with Gasteiger partial charge in [-0.25, -0.2) is 0 Å². The number of aliphatic carboxylic acids is 1. The van der Waals surface area contributed by atoms with Crippen LogP contribution in [0.25, 0.3) is 0 Å². The fraction of sp³-hybridized carbons (Fsp3) is 0.833. The number of carbonyl (C=O) groups is 1. The molecule has 0 heterocycles. The summed E-state index contributed by atoms with van der Waals surface area (Å²) in [4.78, 5) is 10.7. The molecule has 0 aromatic rings. The van der Waals surface area contributed by atoms with Gasteiger partial charge in [0.05, 0.1) is 1.37 Å². The first kappa shape index (κ1) is 3.20. The second-order valence-electron chi connectivity index (χ2n) is 1.24. The number of halogens is 1. The van der Waals surface area contributed by atoms with E-state index >= 15 is 0 Å². The maximum Gasteiger partial charge on any atom is 0.320 e. The summed E-state index contributed by atoms with van der Waals surface area (Å²) in [6, 6.07) is -3.53. The predicted molar refractivity (Wildman–Crippen MR) is 45.8 cm³/mol. The van der Waals surface area contributed by atoms with Crippen LogP contribution in [0.4, 0.5) is 0 Å². The van der Waals surface area contributed by atoms with Crippen molar-refractivity contribution < 1.29 is 22.2 Å². The Balaban J connectivity index is 0. The zero-order valence-corrected chi connectivity index (χ0v) is 6.23. The van der Waals surface area contributed by atoms with Gasteiger partial charge in [-0.05, 0) is 19.2 Å². The van der Waals surface area contributed by atoms with Gasteiger partial charge in [0.15, 0.2) is 0 Å². The Morgan fingerprint density at radius 1 is 1.73 bits per heavy atom. The van der Waals surface area contributed by atoms with E-state index in [0.717, 1.165) is 0 Å². The van der Waals surface area contributed by atoms with E-state index in [-0.39, 0.29) is 12.4 Å². The van der Waals surface area contributed by atoms with Gasteiger partial charge in [0, 0.05) is 11.0 Å². The normalized spacial score (nSPS) is 32.0. The highest BCUT2D eigenvalue weighted by Crippen LogP contribution is 1.96. The van der Waals surface area contributed by atoms with Crippen molar-refractivity contribution in [1.29, 1.82) is 0 Å². The average molecular weight is 192 g/mol. The van der Waals surface area contributed by atoms with Crippen molar-refractivity contribution in [3.8, 4) is 0 Å². The number of rotatable bonds is 5. The largest absolute Gasteiger partial charge is 0.480 e. The van der Waals surface area contributed by atoms with Crippen molar-refractivity contribution in [1.82, 2.24) is 0 Å². The molecule has 0 amide bonds. The van der Waals surface area contributed by atoms with Crippen molar-refractivity contribution in [3.63, 3.8) is 0 Å². The molecule has 0 rings (SSSR count). The molecule has 0 saturated heterocycles. The molecule has 0 aliphatic heterocycles. The lowest BCUT2D eigenvalue weighted by Crippen LogP contribution is -2.29. The van der Waals surface area contributed by atoms with Gasteiger partial charge in [0.25, 0.3) is 0 Å². The molecule has 0 aliphatic carbocycles. The molecule has 68 valence electrons. The van der Waals surface area contributed by atoms with Crippen LogP contribution in [0, 0.1) is 0 Å². The highest BCUT2D eigenvalue weighted by molar-refractivity contribution is 5.85. The smallest absolute Gasteiger partial charge is 0.320 e. The van der Waals surface area contributed by atoms with Crippen molar-refractivity contribution in [3.05, 3.63) is 0 Å². The summed E-state index contributed by atoms with van der Waals surface area (Å²) in [7, 11) is 0. The van der Waals surface area contributed by atoms with E-state index < -0.39 is 37.6 Å². The first-order valence-electron chi connectivity index (χ1n) is 6.76. The zero-order valence-electron chi connectivity index (χ0n) is 14.4. The fourth-order valence-electron chi connectivity index (χ4n) is 0.188. The maximum atomic E-state index is 10.7. The van der Waals surface area contributed by atoms with Crippen molar-refractivity contribution >= 4 is 18.4 Å². The lowest BCUT2D eigenvalue weighted by Gasteiger charge is -2.03. The number of nitrogens with two attached hydrogens (primary N) is 2. The van der Waals surface area contributed by atoms with Gasteiger partial charge in [0.2, 0.25) is 0 Å². The van der Waals surface area contributed by atoms with Gasteiger partial charge in [-0.3, -0.25) is 4.79 Å². The molecule has 0 aromatic carbocycles. The fourth-order valence-corrected chi connectivity index (χ4v) is 0.188. The molecule has 5 N–H and O–H groups in total. The Morgan fingerprint density at radius 2 is 2.27 bits per heavy atom. The first-order valence-corrected chi connectivity index (χ1v) is 2.26. The molecular weight excluding hydrogens is 168 g/mol. The molecule has 0 aliphatic rings. The van der Waals surface area contributed by atoms with Crippen molar-refractivity contribution in [2.45, 2.75) is 25.1 Å². The van der Waals surface area contributed by atoms with Crippen LogP contribution in [0.15, 0.2) is 0 Å². The average Bonchev–Trinajstić information content (AvgIpc) is 2.14. The molecular formula is C6H15ClN2O2. The standard InChI is InChI=1S/C6H14N2O2.ClH/c7-4-2-1-3-5(8)6(9)10;/h5H,1-4,7-8H2,(H,9,10);1H/t5-;/m0./s1/i1D2,2D2,3D2,4D2,5D;. The first-order chi connectivity index (χ1) is 7.94. The summed E-state index contributed by atoms with van der Waals surface area (Å²) in [5, 5.41) is 8.64. The number of carboxylic acid groups (broad SMARTS) is 1. The van der Waals surface area contributed by atoms with Gasteiger partial charge >= 0.3 is 5.97 Å². The quantitative estimate of drug-likeness (QED) is 0.569. The lowest BCUT2D eigenvalue weighted by atomic mass is 10.1. The molecule has 0 fully saturated rings. The van der Waals surface area contributed by atoms with Crippen LogP contribution in [0.2, 0.25) is 0 Å². The van der Waals surface area contributed by atoms with Crippen LogP contribution in [0.1, 0.15) is 31.5 Å². The second-order valence-corrected chi connectivity index (χ2v) is 1.24. The summed E-state index contributed by atoms with van der Waals surface area (Å²) < 4.78 is 65.1. The summed E-state index contributed by atoms with van der Waals surface area (Å²) in [6.07, 6.45) is -11.2. The number of hydrogen-bond donors (Lipinski definition) is 3. The van der Waals surface area contributed by atoms with Crippen LogP contribution in [-0.2, 0) is 4.79 Å². The number of carboxylic acids is 1. The van der Waals surface area contributed by atoms with E-state index in [1.54, 1.807) is 0 Å². The maximum absolute atomic E-state index is 10.7. The predicted octanol–water partition coefficient (Wildman–Crippen LogP) is -0.0509. The van der Waals surface area contributed by atoms with E-state index in [1.807, 2.05) is 0 Å². The van der Waals surface area contributed by atoms with E-state index in [0.29, 0.717) is 0 Å². The molecule has 0 radical (unpaired) electrons. The van der Waals surface area contributed by atoms with Gasteiger partial charge in [-0.2, -0.15) is 0 Å². The Labute approximate surface area is 85.0 Å². The minimum absolute atomic E-state index is 0. The van der Waals surface area contributed by atoms with Gasteiger partial charge < -0.3 is 16.6 Å². The van der Waals surface area contributed by atoms with E-state index in [4.69, 9.17) is 28.9 Å². The Kier molecular flexibility index (Phi) is 2.27. The molecule has 0 spiro atoms. The molecule has 11 heavy (non-hydrogen) atoms. The third-order valence-electron chi connectivity index (χ3n) is 0.562. The van der Waals surface area contributed by atoms with E-state index in [2.05, 4.69) is 0 Å². The van der Waals surface area contributed by atoms with Crippen molar-refractivity contribution in [2.75, 3.05) is 6.50 Å². The Morgan fingerprint density at radius 3 is 2.64 bits per heavy atom. The van der Waals surface area contributed by atoms with Crippen LogP contribution >= 0.6 is 12.4 Å². The van der Waals surface area contributed by atoms with Crippen molar-refractivity contribution in [2.24, 2.45) is 11.5 Å². The monoisotopic (exact) mass is 191 g/mol. The van der Waals surface area contributed by atoms with E-state index in [9.17, 15) is 4.79 Å². The third kappa shape index (κ3) is 7.58. The lowest BCUT2D eigenvalue weighted by molar-refractivity contribution is -0.138. The topological polar surface area (TPSA) is 89.3 Å². The summed E-state index contributed by atoms with van der Waals surface area (Å²) >= 11 is 0. The minimum Gasteiger partial charge on any atom is -0.480 e. The number of hydrogen-bond acceptors (Lipinski definition) is 3. The van der Waals surface area contributed by atoms with Gasteiger partial charge in [-0.1, -0.05) is 6.37 Å². The second kappa shape index (κ2) is 7.78. The highest BCUT2D eigenvalue weighted by atomic mass is 35.5. The zero-order chi connectivity index (χ0) is 16.1. The van der Waals surface area contributed by atoms with Crippen LogP contribution < -0.4 is 11.5 Å². The van der Waals surface area contributed by atoms with Crippen LogP contribution in [0.3, 0.4) is 0 Å². The van der Waals surface area contributed by atoms with Crippen LogP contribution in [0.5, 0.6) is 0 Å². The highest BCUT2D eigenvalue weighted by Gasteiger charge is 2.09. The molecule has 0 bridgehead atoms. The SMILES string of the molecule is Cl.[2H]C([2H])(N)C([2H])([2H])C([2H])([2H])C([2H])([2H])[C@]([2H])(N)C(=O)O. The summed E-state index contributed by atoms with van der Waals surface area (Å²) in [5.74, 6) is -2.23. The molecule has 0 unspecified atom stereocenters. The molecule has 1 atom stereocenters. The molecule has 5 heteroatoms. The Hall–Kier alpha value is -0.320. The third-order valence-corrected chi connectivity index (χ3v) is 0.562. The van der Waals surface area contributed by atoms with E-state index in [1.165, 1.54) is 0 Å². The summed E-state index contributed by atoms with van der Waals surface area (Å²) in [6.45, 7) is -3.32. The molecule has 4 nitrogen and oxygen atoms in total. The van der Waals surface area contributed by atoms with Crippen LogP contribution in [-0.4, -0.2) is 23.6 Å². The minimum atomic E-state index is -3.78. The van der Waals surface area contributed by atoms with Gasteiger partial charge in [-0.15, -0.1) is 12.4 Å². The Bertz CT molecular complexity index is 381. The van der Waals surface area contributed by atoms with Gasteiger partial charge in [0.1, 0.15) is 6.02 Å². The molecule has 0 saturated carbocycles. The summed E-state index contributed by atoms with van der Waals surface area (Å²) in [5.41, 5.74) is 9.70. The molecule has 0 aromatic heterocycles.